The van der Waals surface area contributed by atoms with E-state index in [1.807, 2.05) is 56.6 Å². The number of carbonyl (C=O) groups excluding carboxylic acids is 4. The summed E-state index contributed by atoms with van der Waals surface area (Å²) >= 11 is 0. The lowest BCUT2D eigenvalue weighted by molar-refractivity contribution is -0.158. The summed E-state index contributed by atoms with van der Waals surface area (Å²) in [5.41, 5.74) is 6.94. The van der Waals surface area contributed by atoms with Crippen molar-refractivity contribution in [2.75, 3.05) is 27.0 Å². The number of hydrogen-bond donors (Lipinski definition) is 0. The first kappa shape index (κ1) is 42.6. The summed E-state index contributed by atoms with van der Waals surface area (Å²) in [6.07, 6.45) is 4.47. The lowest BCUT2D eigenvalue weighted by Crippen LogP contribution is -2.55. The van der Waals surface area contributed by atoms with Gasteiger partial charge in [-0.15, -0.1) is 0 Å². The maximum atomic E-state index is 13.6. The minimum absolute atomic E-state index is 0.0797. The SMILES string of the molecule is CCc1nc(-c2cccc3cc(-c4ccc(OCCCC#Cc5cccc6c5CN(C5CCC(=O)N(COCC[Si](C)(C)C)C5=O)C6=O)cc4)ncc23)c2n1C(C)C(=O)N(C)C2. The van der Waals surface area contributed by atoms with Crippen LogP contribution in [0.4, 0.5) is 0 Å². The number of piperidine rings is 1. The number of unbranched alkanes of at least 4 members (excludes halogenated alkanes) is 1. The molecule has 2 atom stereocenters. The number of likely N-dealkylation sites (tertiary alicyclic amines) is 1. The second kappa shape index (κ2) is 17.7. The Bertz CT molecular complexity index is 2620. The molecular formula is C49H54N6O6Si. The summed E-state index contributed by atoms with van der Waals surface area (Å²) < 4.78 is 13.9. The number of carbonyl (C=O) groups is 4. The highest BCUT2D eigenvalue weighted by Gasteiger charge is 2.43. The highest BCUT2D eigenvalue weighted by Crippen LogP contribution is 2.37. The van der Waals surface area contributed by atoms with Gasteiger partial charge in [0.15, 0.2) is 0 Å². The Morgan fingerprint density at radius 3 is 2.47 bits per heavy atom. The number of fused-ring (bicyclic) bond motifs is 3. The van der Waals surface area contributed by atoms with Crippen LogP contribution in [0.2, 0.25) is 25.7 Å². The summed E-state index contributed by atoms with van der Waals surface area (Å²) in [5.74, 6) is 7.43. The van der Waals surface area contributed by atoms with E-state index >= 15 is 0 Å². The molecule has 2 unspecified atom stereocenters. The van der Waals surface area contributed by atoms with Crippen LogP contribution in [0.15, 0.2) is 72.9 Å². The van der Waals surface area contributed by atoms with Gasteiger partial charge in [0.1, 0.15) is 30.4 Å². The topological polar surface area (TPSA) is 127 Å². The normalized spacial score (nSPS) is 17.7. The molecule has 8 rings (SSSR count). The van der Waals surface area contributed by atoms with E-state index in [-0.39, 0.29) is 49.4 Å². The average molecular weight is 851 g/mol. The van der Waals surface area contributed by atoms with Crippen LogP contribution >= 0.6 is 0 Å². The molecule has 1 fully saturated rings. The fraction of sp³-hybridized carbons (Fsp3) is 0.388. The third kappa shape index (κ3) is 8.54. The van der Waals surface area contributed by atoms with Gasteiger partial charge in [0, 0.05) is 81.4 Å². The standard InChI is InChI=1S/C49H54N6O6Si/c1-7-44-51-46(43-30-52(3)47(57)32(2)55(43)44)37-16-12-15-35-27-41(50-28-39(35)37)34-18-20-36(21-19-34)61-24-10-8-9-13-33-14-11-17-38-40(33)29-53(48(38)58)42-22-23-45(56)54(49(42)59)31-60-25-26-62(4,5)6/h11-12,14-21,27-28,32,42H,7-8,10,22-26,29-31H2,1-6H3. The third-order valence-corrected chi connectivity index (χ3v) is 13.8. The Kier molecular flexibility index (Phi) is 12.2. The smallest absolute Gasteiger partial charge is 0.255 e. The van der Waals surface area contributed by atoms with Gasteiger partial charge < -0.3 is 23.8 Å². The van der Waals surface area contributed by atoms with E-state index in [4.69, 9.17) is 19.4 Å². The number of hydrogen-bond acceptors (Lipinski definition) is 8. The van der Waals surface area contributed by atoms with Crippen LogP contribution in [0.3, 0.4) is 0 Å². The minimum atomic E-state index is -1.32. The highest BCUT2D eigenvalue weighted by molar-refractivity contribution is 6.76. The molecule has 12 nitrogen and oxygen atoms in total. The number of imidazole rings is 1. The summed E-state index contributed by atoms with van der Waals surface area (Å²) in [4.78, 5) is 67.0. The number of imide groups is 1. The van der Waals surface area contributed by atoms with Gasteiger partial charge in [-0.25, -0.2) is 4.98 Å². The van der Waals surface area contributed by atoms with Crippen LogP contribution in [0.5, 0.6) is 5.75 Å². The molecule has 13 heteroatoms. The Morgan fingerprint density at radius 2 is 1.69 bits per heavy atom. The molecule has 0 bridgehead atoms. The molecule has 1 saturated heterocycles. The molecule has 4 amide bonds. The molecule has 0 N–H and O–H groups in total. The van der Waals surface area contributed by atoms with Crippen molar-refractivity contribution in [2.24, 2.45) is 0 Å². The molecule has 320 valence electrons. The lowest BCUT2D eigenvalue weighted by atomic mass is 10.00. The summed E-state index contributed by atoms with van der Waals surface area (Å²) in [6, 6.07) is 21.7. The van der Waals surface area contributed by atoms with Crippen molar-refractivity contribution < 1.29 is 28.7 Å². The van der Waals surface area contributed by atoms with E-state index in [9.17, 15) is 19.2 Å². The Hall–Kier alpha value is -6.10. The van der Waals surface area contributed by atoms with Gasteiger partial charge in [-0.05, 0) is 79.2 Å². The second-order valence-corrected chi connectivity index (χ2v) is 23.2. The third-order valence-electron chi connectivity index (χ3n) is 12.1. The van der Waals surface area contributed by atoms with Crippen molar-refractivity contribution in [2.45, 2.75) is 96.8 Å². The maximum Gasteiger partial charge on any atom is 0.255 e. The predicted molar refractivity (Wildman–Crippen MR) is 241 cm³/mol. The first-order chi connectivity index (χ1) is 29.8. The number of amides is 4. The van der Waals surface area contributed by atoms with Gasteiger partial charge in [-0.3, -0.25) is 29.1 Å². The number of aryl methyl sites for hydroxylation is 1. The monoisotopic (exact) mass is 850 g/mol. The van der Waals surface area contributed by atoms with Crippen LogP contribution < -0.4 is 4.74 Å². The van der Waals surface area contributed by atoms with Gasteiger partial charge >= 0.3 is 0 Å². The minimum Gasteiger partial charge on any atom is -0.494 e. The quantitative estimate of drug-likeness (QED) is 0.0508. The highest BCUT2D eigenvalue weighted by atomic mass is 28.3. The van der Waals surface area contributed by atoms with Crippen molar-refractivity contribution in [3.63, 3.8) is 0 Å². The van der Waals surface area contributed by atoms with E-state index in [1.54, 1.807) is 15.9 Å². The second-order valence-electron chi connectivity index (χ2n) is 17.6. The molecular weight excluding hydrogens is 797 g/mol. The van der Waals surface area contributed by atoms with E-state index in [1.165, 1.54) is 4.90 Å². The first-order valence-electron chi connectivity index (χ1n) is 21.6. The van der Waals surface area contributed by atoms with Crippen LogP contribution in [-0.4, -0.2) is 94.0 Å². The number of rotatable bonds is 13. The van der Waals surface area contributed by atoms with Gasteiger partial charge in [0.25, 0.3) is 11.8 Å². The fourth-order valence-electron chi connectivity index (χ4n) is 8.59. The van der Waals surface area contributed by atoms with Gasteiger partial charge in [-0.2, -0.15) is 0 Å². The number of ether oxygens (including phenoxy) is 2. The van der Waals surface area contributed by atoms with E-state index in [0.29, 0.717) is 38.2 Å². The van der Waals surface area contributed by atoms with E-state index in [2.05, 4.69) is 67.2 Å². The molecule has 0 spiro atoms. The molecule has 2 aromatic heterocycles. The first-order valence-corrected chi connectivity index (χ1v) is 25.3. The van der Waals surface area contributed by atoms with Crippen molar-refractivity contribution in [3.8, 4) is 40.1 Å². The van der Waals surface area contributed by atoms with E-state index < -0.39 is 14.1 Å². The fourth-order valence-corrected chi connectivity index (χ4v) is 9.35. The van der Waals surface area contributed by atoms with Crippen molar-refractivity contribution in [1.82, 2.24) is 29.2 Å². The van der Waals surface area contributed by atoms with Gasteiger partial charge in [-0.1, -0.05) is 62.7 Å². The van der Waals surface area contributed by atoms with Crippen LogP contribution in [0.25, 0.3) is 33.3 Å². The maximum absolute atomic E-state index is 13.6. The average Bonchev–Trinajstić information content (AvgIpc) is 3.80. The molecule has 3 aromatic carbocycles. The Balaban J connectivity index is 0.859. The van der Waals surface area contributed by atoms with Crippen molar-refractivity contribution in [3.05, 3.63) is 101 Å². The number of benzene rings is 3. The number of aromatic nitrogens is 3. The molecule has 0 aliphatic carbocycles. The van der Waals surface area contributed by atoms with Crippen molar-refractivity contribution in [1.29, 1.82) is 0 Å². The zero-order chi connectivity index (χ0) is 43.7. The summed E-state index contributed by atoms with van der Waals surface area (Å²) in [7, 11) is 0.528. The zero-order valence-corrected chi connectivity index (χ0v) is 37.5. The zero-order valence-electron chi connectivity index (χ0n) is 36.5. The molecule has 3 aliphatic rings. The summed E-state index contributed by atoms with van der Waals surface area (Å²) in [6.45, 7) is 12.5. The predicted octanol–water partition coefficient (Wildman–Crippen LogP) is 7.86. The lowest BCUT2D eigenvalue weighted by Gasteiger charge is -2.35. The number of likely N-dealkylation sites (N-methyl/N-ethyl adjacent to an activating group) is 1. The van der Waals surface area contributed by atoms with Crippen LogP contribution in [-0.2, 0) is 38.6 Å². The molecule has 62 heavy (non-hydrogen) atoms. The molecule has 5 heterocycles. The number of pyridine rings is 1. The summed E-state index contributed by atoms with van der Waals surface area (Å²) in [5, 5.41) is 2.07. The van der Waals surface area contributed by atoms with Crippen LogP contribution in [0.1, 0.15) is 78.6 Å². The Morgan fingerprint density at radius 1 is 0.919 bits per heavy atom. The van der Waals surface area contributed by atoms with E-state index in [0.717, 1.165) is 80.6 Å². The van der Waals surface area contributed by atoms with Crippen molar-refractivity contribution >= 4 is 42.5 Å². The molecule has 3 aliphatic heterocycles. The molecule has 5 aromatic rings. The molecule has 0 saturated carbocycles. The molecule has 0 radical (unpaired) electrons. The van der Waals surface area contributed by atoms with Gasteiger partial charge in [0.05, 0.1) is 30.2 Å². The Labute approximate surface area is 364 Å². The largest absolute Gasteiger partial charge is 0.494 e. The van der Waals surface area contributed by atoms with Gasteiger partial charge in [0.2, 0.25) is 11.8 Å². The van der Waals surface area contributed by atoms with Crippen LogP contribution in [0, 0.1) is 11.8 Å². The number of nitrogens with zero attached hydrogens (tertiary/aromatic N) is 6.